The van der Waals surface area contributed by atoms with Crippen molar-refractivity contribution in [1.82, 2.24) is 10.2 Å². The van der Waals surface area contributed by atoms with Crippen molar-refractivity contribution < 1.29 is 8.42 Å². The summed E-state index contributed by atoms with van der Waals surface area (Å²) in [5, 5.41) is 3.98. The first-order valence-corrected chi connectivity index (χ1v) is 8.59. The van der Waals surface area contributed by atoms with Crippen LogP contribution >= 0.6 is 12.2 Å². The Morgan fingerprint density at radius 1 is 1.18 bits per heavy atom. The van der Waals surface area contributed by atoms with Crippen LogP contribution in [0, 0.1) is 0 Å². The molecule has 4 nitrogen and oxygen atoms in total. The fourth-order valence-corrected chi connectivity index (χ4v) is 5.76. The summed E-state index contributed by atoms with van der Waals surface area (Å²) >= 11 is 5.37. The van der Waals surface area contributed by atoms with Gasteiger partial charge < -0.3 is 10.2 Å². The molecule has 1 saturated carbocycles. The van der Waals surface area contributed by atoms with E-state index in [4.69, 9.17) is 12.2 Å². The summed E-state index contributed by atoms with van der Waals surface area (Å²) in [7, 11) is -2.86. The molecule has 17 heavy (non-hydrogen) atoms. The van der Waals surface area contributed by atoms with Crippen molar-refractivity contribution in [2.45, 2.75) is 50.2 Å². The minimum Gasteiger partial charge on any atom is -0.357 e. The molecule has 0 amide bonds. The Bertz CT molecular complexity index is 429. The Kier molecular flexibility index (Phi) is 2.82. The van der Waals surface area contributed by atoms with Gasteiger partial charge in [0.2, 0.25) is 0 Å². The molecule has 2 saturated heterocycles. The maximum atomic E-state index is 11.7. The van der Waals surface area contributed by atoms with Crippen molar-refractivity contribution in [1.29, 1.82) is 0 Å². The minimum absolute atomic E-state index is 0.0365. The summed E-state index contributed by atoms with van der Waals surface area (Å²) in [6.45, 7) is 0. The summed E-state index contributed by atoms with van der Waals surface area (Å²) in [4.78, 5) is 2.20. The Hall–Kier alpha value is -0.360. The number of sulfone groups is 1. The lowest BCUT2D eigenvalue weighted by Gasteiger charge is -2.35. The van der Waals surface area contributed by atoms with Crippen LogP contribution in [-0.2, 0) is 9.84 Å². The molecule has 0 aromatic heterocycles. The third-order valence-corrected chi connectivity index (χ3v) is 6.24. The van der Waals surface area contributed by atoms with E-state index in [-0.39, 0.29) is 23.6 Å². The lowest BCUT2D eigenvalue weighted by molar-refractivity contribution is 0.216. The number of fused-ring (bicyclic) bond motifs is 1. The van der Waals surface area contributed by atoms with Gasteiger partial charge >= 0.3 is 0 Å². The molecule has 2 heterocycles. The molecule has 1 N–H and O–H groups in total. The number of nitrogens with one attached hydrogen (secondary N) is 1. The molecular formula is C11H18N2O2S2. The van der Waals surface area contributed by atoms with Crippen LogP contribution in [0.15, 0.2) is 0 Å². The molecule has 1 aliphatic carbocycles. The van der Waals surface area contributed by atoms with Crippen molar-refractivity contribution in [3.8, 4) is 0 Å². The summed E-state index contributed by atoms with van der Waals surface area (Å²) in [5.74, 6) is 0.530. The first kappa shape index (κ1) is 11.7. The van der Waals surface area contributed by atoms with E-state index in [1.807, 2.05) is 0 Å². The molecule has 0 bridgehead atoms. The van der Waals surface area contributed by atoms with Crippen LogP contribution in [0.5, 0.6) is 0 Å². The number of hydrogen-bond acceptors (Lipinski definition) is 3. The van der Waals surface area contributed by atoms with Gasteiger partial charge in [-0.1, -0.05) is 19.3 Å². The van der Waals surface area contributed by atoms with E-state index in [0.29, 0.717) is 6.04 Å². The monoisotopic (exact) mass is 274 g/mol. The third-order valence-electron chi connectivity index (χ3n) is 4.19. The minimum atomic E-state index is -2.86. The maximum Gasteiger partial charge on any atom is 0.169 e. The summed E-state index contributed by atoms with van der Waals surface area (Å²) < 4.78 is 23.3. The zero-order valence-electron chi connectivity index (χ0n) is 9.76. The van der Waals surface area contributed by atoms with E-state index in [9.17, 15) is 8.42 Å². The van der Waals surface area contributed by atoms with Gasteiger partial charge in [-0.15, -0.1) is 0 Å². The Morgan fingerprint density at radius 3 is 2.59 bits per heavy atom. The Balaban J connectivity index is 1.81. The number of hydrogen-bond donors (Lipinski definition) is 1. The molecule has 96 valence electrons. The van der Waals surface area contributed by atoms with Crippen LogP contribution in [0.4, 0.5) is 0 Å². The highest BCUT2D eigenvalue weighted by atomic mass is 32.2. The van der Waals surface area contributed by atoms with E-state index in [1.54, 1.807) is 0 Å². The second-order valence-corrected chi connectivity index (χ2v) is 7.94. The molecule has 0 unspecified atom stereocenters. The number of rotatable bonds is 1. The van der Waals surface area contributed by atoms with Gasteiger partial charge in [-0.2, -0.15) is 0 Å². The zero-order chi connectivity index (χ0) is 12.0. The molecular weight excluding hydrogens is 256 g/mol. The topological polar surface area (TPSA) is 49.4 Å². The molecule has 0 aromatic carbocycles. The van der Waals surface area contributed by atoms with E-state index in [1.165, 1.54) is 19.3 Å². The van der Waals surface area contributed by atoms with Gasteiger partial charge in [0.25, 0.3) is 0 Å². The van der Waals surface area contributed by atoms with E-state index >= 15 is 0 Å². The lowest BCUT2D eigenvalue weighted by atomic mass is 9.93. The fourth-order valence-electron chi connectivity index (χ4n) is 3.42. The first-order valence-electron chi connectivity index (χ1n) is 6.36. The summed E-state index contributed by atoms with van der Waals surface area (Å²) in [6, 6.07) is 0.595. The van der Waals surface area contributed by atoms with Gasteiger partial charge in [-0.25, -0.2) is 8.42 Å². The first-order chi connectivity index (χ1) is 8.07. The van der Waals surface area contributed by atoms with Crippen LogP contribution in [0.25, 0.3) is 0 Å². The fraction of sp³-hybridized carbons (Fsp3) is 0.909. The van der Waals surface area contributed by atoms with E-state index in [0.717, 1.165) is 18.0 Å². The molecule has 3 fully saturated rings. The van der Waals surface area contributed by atoms with Gasteiger partial charge in [0.15, 0.2) is 14.9 Å². The van der Waals surface area contributed by atoms with Crippen LogP contribution in [0.2, 0.25) is 0 Å². The highest BCUT2D eigenvalue weighted by Gasteiger charge is 2.48. The molecule has 6 heteroatoms. The van der Waals surface area contributed by atoms with E-state index < -0.39 is 9.84 Å². The SMILES string of the molecule is O=S1(=O)C[C@@H]2NC(=S)N(C3CCCCC3)[C@@H]2C1. The molecule has 3 aliphatic rings. The standard InChI is InChI=1S/C11H18N2O2S2/c14-17(15)6-9-10(7-17)13(11(16)12-9)8-4-2-1-3-5-8/h8-10H,1-7H2,(H,12,16)/t9-,10+/m0/s1. The molecule has 0 spiro atoms. The molecule has 2 aliphatic heterocycles. The predicted octanol–water partition coefficient (Wildman–Crippen LogP) is 0.675. The largest absolute Gasteiger partial charge is 0.357 e. The van der Waals surface area contributed by atoms with E-state index in [2.05, 4.69) is 10.2 Å². The smallest absolute Gasteiger partial charge is 0.169 e. The molecule has 0 aromatic rings. The average molecular weight is 274 g/mol. The van der Waals surface area contributed by atoms with Gasteiger partial charge in [0.1, 0.15) is 0 Å². The van der Waals surface area contributed by atoms with Crippen LogP contribution < -0.4 is 5.32 Å². The lowest BCUT2D eigenvalue weighted by Crippen LogP contribution is -2.45. The van der Waals surface area contributed by atoms with Gasteiger partial charge in [0.05, 0.1) is 23.6 Å². The third kappa shape index (κ3) is 2.05. The van der Waals surface area contributed by atoms with Gasteiger partial charge in [0, 0.05) is 6.04 Å². The summed E-state index contributed by atoms with van der Waals surface area (Å²) in [5.41, 5.74) is 0. The van der Waals surface area contributed by atoms with Crippen molar-refractivity contribution in [2.24, 2.45) is 0 Å². The highest BCUT2D eigenvalue weighted by Crippen LogP contribution is 2.31. The van der Waals surface area contributed by atoms with Crippen molar-refractivity contribution >= 4 is 27.2 Å². The van der Waals surface area contributed by atoms with Gasteiger partial charge in [-0.05, 0) is 25.1 Å². The van der Waals surface area contributed by atoms with Crippen molar-refractivity contribution in [3.63, 3.8) is 0 Å². The van der Waals surface area contributed by atoms with Crippen LogP contribution in [-0.4, -0.2) is 48.1 Å². The molecule has 0 radical (unpaired) electrons. The quantitative estimate of drug-likeness (QED) is 0.713. The predicted molar refractivity (Wildman–Crippen MR) is 70.7 cm³/mol. The Morgan fingerprint density at radius 2 is 1.88 bits per heavy atom. The van der Waals surface area contributed by atoms with Gasteiger partial charge in [-0.3, -0.25) is 0 Å². The molecule has 2 atom stereocenters. The highest BCUT2D eigenvalue weighted by molar-refractivity contribution is 7.91. The molecule has 3 rings (SSSR count). The number of nitrogens with zero attached hydrogens (tertiary/aromatic N) is 1. The van der Waals surface area contributed by atoms with Crippen molar-refractivity contribution in [3.05, 3.63) is 0 Å². The Labute approximate surface area is 108 Å². The summed E-state index contributed by atoms with van der Waals surface area (Å²) in [6.07, 6.45) is 6.11. The average Bonchev–Trinajstić information content (AvgIpc) is 2.69. The normalized spacial score (nSPS) is 36.9. The zero-order valence-corrected chi connectivity index (χ0v) is 11.4. The van der Waals surface area contributed by atoms with Crippen LogP contribution in [0.1, 0.15) is 32.1 Å². The van der Waals surface area contributed by atoms with Crippen LogP contribution in [0.3, 0.4) is 0 Å². The second-order valence-electron chi connectivity index (χ2n) is 5.40. The second kappa shape index (κ2) is 4.09. The van der Waals surface area contributed by atoms with Crippen molar-refractivity contribution in [2.75, 3.05) is 11.5 Å². The maximum absolute atomic E-state index is 11.7. The number of thiocarbonyl (C=S) groups is 1.